The van der Waals surface area contributed by atoms with Crippen molar-refractivity contribution in [1.82, 2.24) is 5.32 Å². The van der Waals surface area contributed by atoms with Gasteiger partial charge in [0.1, 0.15) is 11.2 Å². The second-order valence-corrected chi connectivity index (χ2v) is 6.10. The lowest BCUT2D eigenvalue weighted by molar-refractivity contribution is -0.384. The number of carboxylic acids is 1. The fourth-order valence-electron chi connectivity index (χ4n) is 2.65. The molecular weight excluding hydrogens is 314 g/mol. The summed E-state index contributed by atoms with van der Waals surface area (Å²) in [7, 11) is 0. The molecule has 1 aliphatic heterocycles. The highest BCUT2D eigenvalue weighted by atomic mass is 16.6. The highest BCUT2D eigenvalue weighted by Crippen LogP contribution is 2.31. The van der Waals surface area contributed by atoms with Crippen LogP contribution in [0.4, 0.5) is 11.4 Å². The molecule has 1 aromatic carbocycles. The Morgan fingerprint density at radius 2 is 2.00 bits per heavy atom. The topological polar surface area (TPSA) is 113 Å². The predicted octanol–water partition coefficient (Wildman–Crippen LogP) is 2.18. The molecule has 0 bridgehead atoms. The van der Waals surface area contributed by atoms with Crippen molar-refractivity contribution in [3.8, 4) is 0 Å². The average molecular weight is 335 g/mol. The molecule has 0 radical (unpaired) electrons. The van der Waals surface area contributed by atoms with Crippen molar-refractivity contribution in [3.63, 3.8) is 0 Å². The number of hydrogen-bond acceptors (Lipinski definition) is 5. The first-order valence-corrected chi connectivity index (χ1v) is 7.88. The van der Waals surface area contributed by atoms with Gasteiger partial charge in [0.15, 0.2) is 0 Å². The van der Waals surface area contributed by atoms with E-state index < -0.39 is 22.3 Å². The third kappa shape index (κ3) is 3.47. The predicted molar refractivity (Wildman–Crippen MR) is 88.3 cm³/mol. The summed E-state index contributed by atoms with van der Waals surface area (Å²) in [6.45, 7) is 4.55. The Bertz CT molecular complexity index is 670. The van der Waals surface area contributed by atoms with Crippen LogP contribution >= 0.6 is 0 Å². The van der Waals surface area contributed by atoms with Gasteiger partial charge in [0, 0.05) is 24.7 Å². The van der Waals surface area contributed by atoms with Crippen LogP contribution < -0.4 is 10.2 Å². The number of rotatable bonds is 6. The zero-order valence-corrected chi connectivity index (χ0v) is 13.7. The van der Waals surface area contributed by atoms with Crippen molar-refractivity contribution in [2.45, 2.75) is 38.6 Å². The van der Waals surface area contributed by atoms with E-state index in [1.54, 1.807) is 13.0 Å². The number of nitro groups is 1. The van der Waals surface area contributed by atoms with E-state index >= 15 is 0 Å². The van der Waals surface area contributed by atoms with Gasteiger partial charge in [-0.1, -0.05) is 6.92 Å². The maximum atomic E-state index is 12.3. The number of amides is 1. The van der Waals surface area contributed by atoms with Crippen LogP contribution in [0.1, 0.15) is 43.5 Å². The standard InChI is InChI=1S/C16H21N3O5/c1-3-16(2,15(21)22)17-14(20)11-6-7-12(13(10-11)19(23)24)18-8-4-5-9-18/h6-7,10H,3-5,8-9H2,1-2H3,(H,17,20)(H,21,22). The summed E-state index contributed by atoms with van der Waals surface area (Å²) in [6, 6.07) is 4.26. The number of carboxylic acid groups (broad SMARTS) is 1. The first-order valence-electron chi connectivity index (χ1n) is 7.88. The molecule has 0 saturated carbocycles. The van der Waals surface area contributed by atoms with Gasteiger partial charge in [-0.25, -0.2) is 4.79 Å². The summed E-state index contributed by atoms with van der Waals surface area (Å²) in [5.74, 6) is -1.79. The highest BCUT2D eigenvalue weighted by molar-refractivity contribution is 5.98. The summed E-state index contributed by atoms with van der Waals surface area (Å²) in [4.78, 5) is 36.4. The number of hydrogen-bond donors (Lipinski definition) is 2. The molecule has 1 atom stereocenters. The van der Waals surface area contributed by atoms with Crippen molar-refractivity contribution in [2.24, 2.45) is 0 Å². The lowest BCUT2D eigenvalue weighted by Crippen LogP contribution is -2.51. The van der Waals surface area contributed by atoms with Crippen LogP contribution in [0.25, 0.3) is 0 Å². The smallest absolute Gasteiger partial charge is 0.329 e. The van der Waals surface area contributed by atoms with E-state index in [9.17, 15) is 24.8 Å². The molecule has 1 amide bonds. The van der Waals surface area contributed by atoms with E-state index in [1.807, 2.05) is 4.90 Å². The summed E-state index contributed by atoms with van der Waals surface area (Å²) < 4.78 is 0. The zero-order valence-electron chi connectivity index (χ0n) is 13.7. The number of aliphatic carboxylic acids is 1. The lowest BCUT2D eigenvalue weighted by atomic mass is 9.98. The van der Waals surface area contributed by atoms with E-state index in [1.165, 1.54) is 19.1 Å². The van der Waals surface area contributed by atoms with E-state index in [0.717, 1.165) is 25.9 Å². The third-order valence-corrected chi connectivity index (χ3v) is 4.45. The molecule has 1 saturated heterocycles. The van der Waals surface area contributed by atoms with Crippen molar-refractivity contribution in [1.29, 1.82) is 0 Å². The van der Waals surface area contributed by atoms with Gasteiger partial charge in [0.25, 0.3) is 11.6 Å². The summed E-state index contributed by atoms with van der Waals surface area (Å²) in [5.41, 5.74) is -0.992. The summed E-state index contributed by atoms with van der Waals surface area (Å²) in [6.07, 6.45) is 2.15. The van der Waals surface area contributed by atoms with E-state index in [-0.39, 0.29) is 17.7 Å². The van der Waals surface area contributed by atoms with Gasteiger partial charge < -0.3 is 15.3 Å². The minimum atomic E-state index is -1.42. The molecule has 24 heavy (non-hydrogen) atoms. The Morgan fingerprint density at radius 3 is 2.50 bits per heavy atom. The Hall–Kier alpha value is -2.64. The average Bonchev–Trinajstić information content (AvgIpc) is 3.08. The van der Waals surface area contributed by atoms with Crippen molar-refractivity contribution in [2.75, 3.05) is 18.0 Å². The van der Waals surface area contributed by atoms with Gasteiger partial charge in [0.2, 0.25) is 0 Å². The van der Waals surface area contributed by atoms with E-state index in [2.05, 4.69) is 5.32 Å². The summed E-state index contributed by atoms with van der Waals surface area (Å²) >= 11 is 0. The van der Waals surface area contributed by atoms with Crippen LogP contribution in [0.15, 0.2) is 18.2 Å². The zero-order chi connectivity index (χ0) is 17.9. The number of nitro benzene ring substituents is 1. The second kappa shape index (κ2) is 6.86. The Kier molecular flexibility index (Phi) is 5.06. The van der Waals surface area contributed by atoms with E-state index in [0.29, 0.717) is 5.69 Å². The second-order valence-electron chi connectivity index (χ2n) is 6.10. The molecule has 0 spiro atoms. The number of nitrogens with one attached hydrogen (secondary N) is 1. The van der Waals surface area contributed by atoms with Crippen LogP contribution in [0.3, 0.4) is 0 Å². The third-order valence-electron chi connectivity index (χ3n) is 4.45. The molecule has 8 heteroatoms. The van der Waals surface area contributed by atoms with Crippen LogP contribution in [-0.4, -0.2) is 40.5 Å². The van der Waals surface area contributed by atoms with Gasteiger partial charge in [0.05, 0.1) is 4.92 Å². The molecule has 2 rings (SSSR count). The van der Waals surface area contributed by atoms with Crippen molar-refractivity contribution in [3.05, 3.63) is 33.9 Å². The molecular formula is C16H21N3O5. The molecule has 130 valence electrons. The van der Waals surface area contributed by atoms with Crippen LogP contribution in [-0.2, 0) is 4.79 Å². The maximum Gasteiger partial charge on any atom is 0.329 e. The van der Waals surface area contributed by atoms with Crippen LogP contribution in [0.2, 0.25) is 0 Å². The Balaban J connectivity index is 2.31. The minimum absolute atomic E-state index is 0.0746. The number of benzene rings is 1. The van der Waals surface area contributed by atoms with E-state index in [4.69, 9.17) is 0 Å². The molecule has 0 aromatic heterocycles. The molecule has 1 unspecified atom stereocenters. The maximum absolute atomic E-state index is 12.3. The number of carbonyl (C=O) groups is 2. The van der Waals surface area contributed by atoms with Gasteiger partial charge in [-0.15, -0.1) is 0 Å². The number of nitrogens with zero attached hydrogens (tertiary/aromatic N) is 2. The van der Waals surface area contributed by atoms with Crippen LogP contribution in [0.5, 0.6) is 0 Å². The molecule has 1 heterocycles. The fraction of sp³-hybridized carbons (Fsp3) is 0.500. The molecule has 0 aliphatic carbocycles. The molecule has 1 fully saturated rings. The molecule has 8 nitrogen and oxygen atoms in total. The highest BCUT2D eigenvalue weighted by Gasteiger charge is 2.33. The van der Waals surface area contributed by atoms with Gasteiger partial charge in [-0.05, 0) is 38.3 Å². The Morgan fingerprint density at radius 1 is 1.38 bits per heavy atom. The Labute approximate surface area is 139 Å². The number of carbonyl (C=O) groups excluding carboxylic acids is 1. The molecule has 2 N–H and O–H groups in total. The normalized spacial score (nSPS) is 16.5. The first kappa shape index (κ1) is 17.7. The largest absolute Gasteiger partial charge is 0.480 e. The number of anilines is 1. The monoisotopic (exact) mass is 335 g/mol. The fourth-order valence-corrected chi connectivity index (χ4v) is 2.65. The van der Waals surface area contributed by atoms with Crippen molar-refractivity contribution < 1.29 is 19.6 Å². The SMILES string of the molecule is CCC(C)(NC(=O)c1ccc(N2CCCC2)c([N+](=O)[O-])c1)C(=O)O. The van der Waals surface area contributed by atoms with Crippen LogP contribution in [0, 0.1) is 10.1 Å². The molecule has 1 aliphatic rings. The quantitative estimate of drug-likeness (QED) is 0.608. The van der Waals surface area contributed by atoms with Gasteiger partial charge in [-0.3, -0.25) is 14.9 Å². The summed E-state index contributed by atoms with van der Waals surface area (Å²) in [5, 5.41) is 23.0. The van der Waals surface area contributed by atoms with Gasteiger partial charge >= 0.3 is 5.97 Å². The van der Waals surface area contributed by atoms with Crippen molar-refractivity contribution >= 4 is 23.3 Å². The van der Waals surface area contributed by atoms with Gasteiger partial charge in [-0.2, -0.15) is 0 Å². The molecule has 1 aromatic rings. The minimum Gasteiger partial charge on any atom is -0.480 e. The lowest BCUT2D eigenvalue weighted by Gasteiger charge is -2.24. The first-order chi connectivity index (χ1) is 11.3.